The number of carbonyl (C=O) groups is 1. The Hall–Kier alpha value is -2.04. The van der Waals surface area contributed by atoms with E-state index in [1.807, 2.05) is 18.2 Å². The molecule has 4 nitrogen and oxygen atoms in total. The van der Waals surface area contributed by atoms with Crippen LogP contribution < -0.4 is 10.6 Å². The van der Waals surface area contributed by atoms with Gasteiger partial charge >= 0.3 is 0 Å². The average Bonchev–Trinajstić information content (AvgIpc) is 2.54. The lowest BCUT2D eigenvalue weighted by molar-refractivity contribution is 0.102. The Bertz CT molecular complexity index is 686. The largest absolute Gasteiger partial charge is 0.396 e. The van der Waals surface area contributed by atoms with Crippen molar-refractivity contribution in [2.75, 3.05) is 17.2 Å². The topological polar surface area (TPSA) is 61.4 Å². The van der Waals surface area contributed by atoms with E-state index in [1.165, 1.54) is 0 Å². The van der Waals surface area contributed by atoms with Gasteiger partial charge in [-0.3, -0.25) is 4.79 Å². The molecule has 5 heteroatoms. The van der Waals surface area contributed by atoms with Crippen molar-refractivity contribution in [2.24, 2.45) is 0 Å². The molecule has 0 unspecified atom stereocenters. The van der Waals surface area contributed by atoms with E-state index in [4.69, 9.17) is 16.7 Å². The minimum absolute atomic E-state index is 0.0794. The summed E-state index contributed by atoms with van der Waals surface area (Å²) < 4.78 is 0. The van der Waals surface area contributed by atoms with E-state index >= 15 is 0 Å². The van der Waals surface area contributed by atoms with E-state index in [0.29, 0.717) is 28.4 Å². The lowest BCUT2D eigenvalue weighted by Gasteiger charge is -2.10. The van der Waals surface area contributed by atoms with Gasteiger partial charge in [0.25, 0.3) is 5.91 Å². The minimum Gasteiger partial charge on any atom is -0.396 e. The number of rotatable bonds is 2. The smallest absolute Gasteiger partial charge is 0.257 e. The van der Waals surface area contributed by atoms with Crippen LogP contribution >= 0.6 is 11.6 Å². The second kappa shape index (κ2) is 5.15. The zero-order chi connectivity index (χ0) is 14.1. The minimum atomic E-state index is -0.177. The van der Waals surface area contributed by atoms with Crippen LogP contribution in [0.25, 0.3) is 0 Å². The standard InChI is InChI=1S/C15H13ClN2O2/c16-10-2-3-11-13(8-10)17-12-4-1-9(5-6-19)7-14(12)18-15(11)20/h1-4,7-8,17,19H,5-6H2,(H,18,20). The molecule has 1 aliphatic heterocycles. The quantitative estimate of drug-likeness (QED) is 0.795. The summed E-state index contributed by atoms with van der Waals surface area (Å²) in [7, 11) is 0. The molecule has 3 N–H and O–H groups in total. The van der Waals surface area contributed by atoms with Crippen LogP contribution in [-0.2, 0) is 6.42 Å². The number of amides is 1. The monoisotopic (exact) mass is 288 g/mol. The third-order valence-electron chi connectivity index (χ3n) is 3.23. The van der Waals surface area contributed by atoms with Gasteiger partial charge in [-0.1, -0.05) is 17.7 Å². The van der Waals surface area contributed by atoms with E-state index < -0.39 is 0 Å². The maximum atomic E-state index is 12.2. The van der Waals surface area contributed by atoms with Crippen LogP contribution in [0.2, 0.25) is 5.02 Å². The Morgan fingerprint density at radius 1 is 1.00 bits per heavy atom. The predicted molar refractivity (Wildman–Crippen MR) is 79.9 cm³/mol. The fourth-order valence-electron chi connectivity index (χ4n) is 2.24. The SMILES string of the molecule is O=C1Nc2cc(CCO)ccc2Nc2cc(Cl)ccc21. The van der Waals surface area contributed by atoms with Crippen LogP contribution in [0.1, 0.15) is 15.9 Å². The molecule has 0 bridgehead atoms. The van der Waals surface area contributed by atoms with Crippen LogP contribution in [0, 0.1) is 0 Å². The molecule has 0 aliphatic carbocycles. The molecule has 0 spiro atoms. The maximum absolute atomic E-state index is 12.2. The summed E-state index contributed by atoms with van der Waals surface area (Å²) >= 11 is 5.97. The van der Waals surface area contributed by atoms with Crippen molar-refractivity contribution in [3.63, 3.8) is 0 Å². The van der Waals surface area contributed by atoms with Crippen LogP contribution in [0.15, 0.2) is 36.4 Å². The van der Waals surface area contributed by atoms with E-state index in [9.17, 15) is 4.79 Å². The highest BCUT2D eigenvalue weighted by molar-refractivity contribution is 6.31. The molecule has 0 saturated heterocycles. The summed E-state index contributed by atoms with van der Waals surface area (Å²) in [4.78, 5) is 12.2. The fraction of sp³-hybridized carbons (Fsp3) is 0.133. The van der Waals surface area contributed by atoms with Crippen LogP contribution in [-0.4, -0.2) is 17.6 Å². The molecule has 3 rings (SSSR count). The van der Waals surface area contributed by atoms with Crippen LogP contribution in [0.3, 0.4) is 0 Å². The summed E-state index contributed by atoms with van der Waals surface area (Å²) in [6.45, 7) is 0.0794. The number of halogens is 1. The first kappa shape index (κ1) is 13.0. The number of hydrogen-bond acceptors (Lipinski definition) is 3. The molecule has 0 fully saturated rings. The number of hydrogen-bond donors (Lipinski definition) is 3. The van der Waals surface area contributed by atoms with Crippen molar-refractivity contribution in [3.8, 4) is 0 Å². The van der Waals surface area contributed by atoms with Crippen molar-refractivity contribution in [1.29, 1.82) is 0 Å². The van der Waals surface area contributed by atoms with Crippen LogP contribution in [0.5, 0.6) is 0 Å². The molecule has 102 valence electrons. The third-order valence-corrected chi connectivity index (χ3v) is 3.46. The Morgan fingerprint density at radius 2 is 1.85 bits per heavy atom. The molecule has 0 aromatic heterocycles. The second-order valence-corrected chi connectivity index (χ2v) is 5.06. The number of carbonyl (C=O) groups excluding carboxylic acids is 1. The molecule has 20 heavy (non-hydrogen) atoms. The molecule has 0 saturated carbocycles. The van der Waals surface area contributed by atoms with Crippen molar-refractivity contribution in [3.05, 3.63) is 52.5 Å². The number of nitrogens with one attached hydrogen (secondary N) is 2. The van der Waals surface area contributed by atoms with Gasteiger partial charge in [-0.2, -0.15) is 0 Å². The summed E-state index contributed by atoms with van der Waals surface area (Å²) in [6.07, 6.45) is 0.557. The Labute approximate surface area is 121 Å². The van der Waals surface area contributed by atoms with Gasteiger partial charge in [0.05, 0.1) is 22.6 Å². The Balaban J connectivity index is 2.05. The molecular formula is C15H13ClN2O2. The number of fused-ring (bicyclic) bond motifs is 2. The van der Waals surface area contributed by atoms with Gasteiger partial charge in [0.15, 0.2) is 0 Å². The number of aliphatic hydroxyl groups is 1. The summed E-state index contributed by atoms with van der Waals surface area (Å²) in [5, 5.41) is 15.6. The van der Waals surface area contributed by atoms with Gasteiger partial charge in [0.2, 0.25) is 0 Å². The zero-order valence-electron chi connectivity index (χ0n) is 10.6. The predicted octanol–water partition coefficient (Wildman–Crippen LogP) is 3.18. The molecule has 1 heterocycles. The van der Waals surface area contributed by atoms with Crippen LogP contribution in [0.4, 0.5) is 17.1 Å². The summed E-state index contributed by atoms with van der Waals surface area (Å²) in [6, 6.07) is 10.8. The molecular weight excluding hydrogens is 276 g/mol. The first-order valence-corrected chi connectivity index (χ1v) is 6.67. The molecule has 0 radical (unpaired) electrons. The van der Waals surface area contributed by atoms with Gasteiger partial charge in [-0.25, -0.2) is 0 Å². The van der Waals surface area contributed by atoms with Crippen molar-refractivity contribution in [2.45, 2.75) is 6.42 Å². The van der Waals surface area contributed by atoms with Gasteiger partial charge in [-0.15, -0.1) is 0 Å². The lowest BCUT2D eigenvalue weighted by Crippen LogP contribution is -2.10. The first-order chi connectivity index (χ1) is 9.67. The Morgan fingerprint density at radius 3 is 2.65 bits per heavy atom. The zero-order valence-corrected chi connectivity index (χ0v) is 11.4. The first-order valence-electron chi connectivity index (χ1n) is 6.29. The molecule has 1 amide bonds. The lowest BCUT2D eigenvalue weighted by atomic mass is 10.1. The van der Waals surface area contributed by atoms with Crippen molar-refractivity contribution in [1.82, 2.24) is 0 Å². The highest BCUT2D eigenvalue weighted by atomic mass is 35.5. The van der Waals surface area contributed by atoms with Crippen molar-refractivity contribution < 1.29 is 9.90 Å². The molecule has 0 atom stereocenters. The van der Waals surface area contributed by atoms with E-state index in [-0.39, 0.29) is 12.5 Å². The molecule has 2 aromatic carbocycles. The summed E-state index contributed by atoms with van der Waals surface area (Å²) in [5.74, 6) is -0.177. The van der Waals surface area contributed by atoms with Gasteiger partial charge in [-0.05, 0) is 42.3 Å². The second-order valence-electron chi connectivity index (χ2n) is 4.62. The van der Waals surface area contributed by atoms with Gasteiger partial charge in [0, 0.05) is 11.6 Å². The summed E-state index contributed by atoms with van der Waals surface area (Å²) in [5.41, 5.74) is 3.71. The molecule has 2 aromatic rings. The van der Waals surface area contributed by atoms with Gasteiger partial charge < -0.3 is 15.7 Å². The normalized spacial score (nSPS) is 12.8. The van der Waals surface area contributed by atoms with E-state index in [0.717, 1.165) is 11.3 Å². The molecule has 1 aliphatic rings. The van der Waals surface area contributed by atoms with E-state index in [1.54, 1.807) is 18.2 Å². The van der Waals surface area contributed by atoms with Crippen molar-refractivity contribution >= 4 is 34.6 Å². The average molecular weight is 289 g/mol. The van der Waals surface area contributed by atoms with E-state index in [2.05, 4.69) is 10.6 Å². The van der Waals surface area contributed by atoms with Gasteiger partial charge in [0.1, 0.15) is 0 Å². The number of anilines is 3. The fourth-order valence-corrected chi connectivity index (χ4v) is 2.41. The Kier molecular flexibility index (Phi) is 3.34. The number of aliphatic hydroxyl groups excluding tert-OH is 1. The number of benzene rings is 2. The highest BCUT2D eigenvalue weighted by Gasteiger charge is 2.19. The third kappa shape index (κ3) is 2.35. The highest BCUT2D eigenvalue weighted by Crippen LogP contribution is 2.33. The maximum Gasteiger partial charge on any atom is 0.257 e.